The highest BCUT2D eigenvalue weighted by Crippen LogP contribution is 2.08. The molecule has 0 saturated heterocycles. The van der Waals surface area contributed by atoms with Crippen molar-refractivity contribution in [1.29, 1.82) is 0 Å². The fraction of sp³-hybridized carbons (Fsp3) is 1.00. The van der Waals surface area contributed by atoms with Crippen LogP contribution >= 0.6 is 0 Å². The van der Waals surface area contributed by atoms with E-state index in [2.05, 4.69) is 5.29 Å². The van der Waals surface area contributed by atoms with Crippen molar-refractivity contribution in [3.63, 3.8) is 0 Å². The number of hydrogen-bond donors (Lipinski definition) is 3. The molecule has 0 aliphatic heterocycles. The van der Waals surface area contributed by atoms with Crippen LogP contribution in [0.4, 0.5) is 0 Å². The van der Waals surface area contributed by atoms with Crippen molar-refractivity contribution in [1.82, 2.24) is 10.3 Å². The van der Waals surface area contributed by atoms with Crippen molar-refractivity contribution in [3.05, 3.63) is 4.91 Å². The van der Waals surface area contributed by atoms with Gasteiger partial charge in [-0.25, -0.2) is 0 Å². The lowest BCUT2D eigenvalue weighted by Gasteiger charge is -2.21. The molecule has 0 heterocycles. The molecule has 0 aromatic rings. The molecule has 15 heavy (non-hydrogen) atoms. The Morgan fingerprint density at radius 2 is 2.07 bits per heavy atom. The summed E-state index contributed by atoms with van der Waals surface area (Å²) in [6.45, 7) is 2.19. The summed E-state index contributed by atoms with van der Waals surface area (Å²) in [5.41, 5.74) is 0. The molecule has 0 rings (SSSR count). The minimum Gasteiger partial charge on any atom is -0.390 e. The molecule has 0 bridgehead atoms. The first-order valence-electron chi connectivity index (χ1n) is 4.55. The third kappa shape index (κ3) is 6.49. The molecule has 90 valence electrons. The van der Waals surface area contributed by atoms with E-state index in [4.69, 9.17) is 9.63 Å². The summed E-state index contributed by atoms with van der Waals surface area (Å²) in [6.07, 6.45) is 0.377. The minimum absolute atomic E-state index is 0.109. The Morgan fingerprint density at radius 3 is 2.53 bits per heavy atom. The predicted molar refractivity (Wildman–Crippen MR) is 53.3 cm³/mol. The van der Waals surface area contributed by atoms with Gasteiger partial charge in [0.15, 0.2) is 0 Å². The SMILES string of the molecule is CCO[Si](O)(O)CCCN(C)N(O)N=O. The Kier molecular flexibility index (Phi) is 6.55. The van der Waals surface area contributed by atoms with Crippen LogP contribution < -0.4 is 0 Å². The van der Waals surface area contributed by atoms with Crippen molar-refractivity contribution in [2.75, 3.05) is 20.2 Å². The largest absolute Gasteiger partial charge is 0.495 e. The van der Waals surface area contributed by atoms with Gasteiger partial charge in [-0.3, -0.25) is 5.21 Å². The van der Waals surface area contributed by atoms with Crippen LogP contribution in [0.5, 0.6) is 0 Å². The van der Waals surface area contributed by atoms with Gasteiger partial charge < -0.3 is 14.0 Å². The first kappa shape index (κ1) is 14.4. The second-order valence-corrected chi connectivity index (χ2v) is 5.29. The van der Waals surface area contributed by atoms with Crippen LogP contribution in [0.2, 0.25) is 6.04 Å². The number of hydrogen-bond acceptors (Lipinski definition) is 7. The van der Waals surface area contributed by atoms with Gasteiger partial charge in [-0.05, 0) is 13.3 Å². The van der Waals surface area contributed by atoms with Gasteiger partial charge in [0.25, 0.3) is 0 Å². The number of hydrazine groups is 1. The first-order valence-corrected chi connectivity index (χ1v) is 6.56. The topological polar surface area (TPSA) is 106 Å². The van der Waals surface area contributed by atoms with E-state index < -0.39 is 8.80 Å². The summed E-state index contributed by atoms with van der Waals surface area (Å²) in [6, 6.07) is 0.109. The highest BCUT2D eigenvalue weighted by atomic mass is 28.4. The summed E-state index contributed by atoms with van der Waals surface area (Å²) in [7, 11) is -2.11. The molecule has 3 N–H and O–H groups in total. The fourth-order valence-electron chi connectivity index (χ4n) is 0.993. The van der Waals surface area contributed by atoms with Crippen molar-refractivity contribution in [3.8, 4) is 0 Å². The Bertz CT molecular complexity index is 194. The Hall–Kier alpha value is -0.583. The molecule has 0 radical (unpaired) electrons. The summed E-state index contributed by atoms with van der Waals surface area (Å²) in [5.74, 6) is 0. The van der Waals surface area contributed by atoms with E-state index in [0.29, 0.717) is 6.42 Å². The molecule has 0 fully saturated rings. The molecule has 0 aromatic heterocycles. The minimum atomic E-state index is -3.55. The zero-order valence-corrected chi connectivity index (χ0v) is 9.83. The average molecular weight is 239 g/mol. The first-order chi connectivity index (χ1) is 6.93. The van der Waals surface area contributed by atoms with E-state index in [1.807, 2.05) is 0 Å². The maximum absolute atomic E-state index is 9.88. The van der Waals surface area contributed by atoms with E-state index >= 15 is 0 Å². The molecule has 0 amide bonds. The van der Waals surface area contributed by atoms with Gasteiger partial charge in [-0.15, -0.1) is 4.91 Å². The highest BCUT2D eigenvalue weighted by Gasteiger charge is 2.31. The summed E-state index contributed by atoms with van der Waals surface area (Å²) in [5, 5.41) is 12.3. The van der Waals surface area contributed by atoms with Crippen LogP contribution in [0.15, 0.2) is 5.29 Å². The molecule has 0 atom stereocenters. The molecule has 0 spiro atoms. The second-order valence-electron chi connectivity index (χ2n) is 3.01. The van der Waals surface area contributed by atoms with Crippen LogP contribution in [-0.2, 0) is 4.43 Å². The zero-order chi connectivity index (χ0) is 11.9. The lowest BCUT2D eigenvalue weighted by atomic mass is 10.5. The van der Waals surface area contributed by atoms with E-state index in [1.165, 1.54) is 7.05 Å². The standard InChI is InChI=1S/C6H17N3O5Si/c1-3-14-15(12,13)6-4-5-8(2)9(11)7-10/h11-13H,3-6H2,1-2H3. The maximum Gasteiger partial charge on any atom is 0.495 e. The second kappa shape index (κ2) is 6.82. The Labute approximate surface area is 88.9 Å². The summed E-state index contributed by atoms with van der Waals surface area (Å²) >= 11 is 0. The molecule has 0 aliphatic rings. The number of nitroso groups, excluding NO2 is 1. The Balaban J connectivity index is 3.73. The summed E-state index contributed by atoms with van der Waals surface area (Å²) < 4.78 is 4.77. The normalized spacial score (nSPS) is 11.9. The van der Waals surface area contributed by atoms with Gasteiger partial charge in [0.1, 0.15) is 0 Å². The Morgan fingerprint density at radius 1 is 1.47 bits per heavy atom. The molecule has 0 aromatic carbocycles. The molecule has 8 nitrogen and oxygen atoms in total. The molecule has 0 aliphatic carbocycles. The quantitative estimate of drug-likeness (QED) is 0.299. The van der Waals surface area contributed by atoms with E-state index in [9.17, 15) is 14.5 Å². The van der Waals surface area contributed by atoms with E-state index in [-0.39, 0.29) is 24.5 Å². The van der Waals surface area contributed by atoms with Gasteiger partial charge in [0, 0.05) is 26.2 Å². The van der Waals surface area contributed by atoms with Crippen LogP contribution in [0.3, 0.4) is 0 Å². The third-order valence-corrected chi connectivity index (χ3v) is 3.49. The van der Waals surface area contributed by atoms with Gasteiger partial charge in [-0.1, -0.05) is 5.28 Å². The van der Waals surface area contributed by atoms with Crippen LogP contribution in [0.1, 0.15) is 13.3 Å². The van der Waals surface area contributed by atoms with Crippen molar-refractivity contribution >= 4 is 8.80 Å². The maximum atomic E-state index is 9.88. The fourth-order valence-corrected chi connectivity index (χ4v) is 2.22. The van der Waals surface area contributed by atoms with Crippen molar-refractivity contribution in [2.24, 2.45) is 5.29 Å². The molecule has 0 saturated carbocycles. The molecule has 0 unspecified atom stereocenters. The van der Waals surface area contributed by atoms with Gasteiger partial charge in [0.2, 0.25) is 0 Å². The van der Waals surface area contributed by atoms with E-state index in [1.54, 1.807) is 6.92 Å². The third-order valence-electron chi connectivity index (χ3n) is 1.74. The monoisotopic (exact) mass is 239 g/mol. The lowest BCUT2D eigenvalue weighted by molar-refractivity contribution is -0.237. The van der Waals surface area contributed by atoms with Crippen molar-refractivity contribution in [2.45, 2.75) is 19.4 Å². The zero-order valence-electron chi connectivity index (χ0n) is 8.83. The van der Waals surface area contributed by atoms with Crippen LogP contribution in [0, 0.1) is 4.91 Å². The van der Waals surface area contributed by atoms with E-state index in [0.717, 1.165) is 5.01 Å². The molecular weight excluding hydrogens is 222 g/mol. The van der Waals surface area contributed by atoms with Crippen LogP contribution in [0.25, 0.3) is 0 Å². The van der Waals surface area contributed by atoms with Gasteiger partial charge in [-0.2, -0.15) is 5.01 Å². The number of rotatable bonds is 8. The van der Waals surface area contributed by atoms with Gasteiger partial charge in [0.05, 0.1) is 5.29 Å². The highest BCUT2D eigenvalue weighted by molar-refractivity contribution is 6.57. The molecular formula is C6H17N3O5Si. The lowest BCUT2D eigenvalue weighted by Crippen LogP contribution is -2.40. The van der Waals surface area contributed by atoms with Crippen LogP contribution in [-0.4, -0.2) is 54.1 Å². The number of nitrogens with zero attached hydrogens (tertiary/aromatic N) is 3. The predicted octanol–water partition coefficient (Wildman–Crippen LogP) is -0.444. The average Bonchev–Trinajstić information content (AvgIpc) is 2.15. The summed E-state index contributed by atoms with van der Waals surface area (Å²) in [4.78, 5) is 28.5. The van der Waals surface area contributed by atoms with Gasteiger partial charge >= 0.3 is 8.80 Å². The molecule has 9 heteroatoms. The smallest absolute Gasteiger partial charge is 0.390 e. The van der Waals surface area contributed by atoms with Crippen molar-refractivity contribution < 1.29 is 19.2 Å².